The van der Waals surface area contributed by atoms with Crippen LogP contribution in [0.4, 0.5) is 11.5 Å². The van der Waals surface area contributed by atoms with Crippen LogP contribution < -0.4 is 4.90 Å². The van der Waals surface area contributed by atoms with Gasteiger partial charge in [0.1, 0.15) is 0 Å². The molecule has 0 spiro atoms. The van der Waals surface area contributed by atoms with Crippen LogP contribution in [0.2, 0.25) is 0 Å². The number of rotatable bonds is 4. The zero-order chi connectivity index (χ0) is 16.4. The Morgan fingerprint density at radius 1 is 1.22 bits per heavy atom. The van der Waals surface area contributed by atoms with Crippen LogP contribution in [-0.2, 0) is 4.74 Å². The average Bonchev–Trinajstić information content (AvgIpc) is 2.97. The molecule has 0 bridgehead atoms. The number of hydrogen-bond acceptors (Lipinski definition) is 5. The van der Waals surface area contributed by atoms with Gasteiger partial charge in [-0.15, -0.1) is 5.10 Å². The third kappa shape index (κ3) is 3.12. The Morgan fingerprint density at radius 2 is 1.87 bits per heavy atom. The number of aromatic nitrogens is 2. The molecule has 2 aromatic rings. The molecule has 1 aromatic heterocycles. The van der Waals surface area contributed by atoms with E-state index in [1.54, 1.807) is 12.1 Å². The van der Waals surface area contributed by atoms with Gasteiger partial charge >= 0.3 is 5.69 Å². The van der Waals surface area contributed by atoms with Gasteiger partial charge in [-0.2, -0.15) is 0 Å². The highest BCUT2D eigenvalue weighted by atomic mass is 35.5. The first-order valence-corrected chi connectivity index (χ1v) is 7.90. The van der Waals surface area contributed by atoms with Gasteiger partial charge in [0.05, 0.1) is 23.8 Å². The number of nitrogens with zero attached hydrogens (tertiary/aromatic N) is 4. The standard InChI is InChI=1S/C14H14Cl2N4O3/c15-13(16)11-12(20(21)22)14(18-6-8-23-9-7-18)17-19(11)10-4-2-1-3-5-10/h1-5,13H,6-9H2. The lowest BCUT2D eigenvalue weighted by Crippen LogP contribution is -2.36. The lowest BCUT2D eigenvalue weighted by atomic mass is 10.3. The molecule has 9 heteroatoms. The average molecular weight is 357 g/mol. The molecule has 0 aliphatic carbocycles. The quantitative estimate of drug-likeness (QED) is 0.478. The number of nitro groups is 1. The highest BCUT2D eigenvalue weighted by Gasteiger charge is 2.35. The molecular weight excluding hydrogens is 343 g/mol. The Morgan fingerprint density at radius 3 is 2.43 bits per heavy atom. The van der Waals surface area contributed by atoms with Gasteiger partial charge in [-0.05, 0) is 12.1 Å². The predicted octanol–water partition coefficient (Wildman–Crippen LogP) is 3.09. The summed E-state index contributed by atoms with van der Waals surface area (Å²) in [6.45, 7) is 2.05. The van der Waals surface area contributed by atoms with Crippen molar-refractivity contribution in [3.05, 3.63) is 46.1 Å². The molecule has 0 N–H and O–H groups in total. The van der Waals surface area contributed by atoms with Crippen molar-refractivity contribution in [2.45, 2.75) is 4.84 Å². The Bertz CT molecular complexity index is 700. The molecule has 1 aliphatic heterocycles. The summed E-state index contributed by atoms with van der Waals surface area (Å²) in [5.74, 6) is 0.267. The van der Waals surface area contributed by atoms with E-state index in [-0.39, 0.29) is 17.2 Å². The highest BCUT2D eigenvalue weighted by Crippen LogP contribution is 2.40. The molecule has 0 amide bonds. The molecule has 1 aliphatic rings. The molecule has 1 saturated heterocycles. The van der Waals surface area contributed by atoms with Crippen LogP contribution in [0.15, 0.2) is 30.3 Å². The van der Waals surface area contributed by atoms with Crippen molar-refractivity contribution in [3.8, 4) is 5.69 Å². The van der Waals surface area contributed by atoms with E-state index in [0.29, 0.717) is 32.0 Å². The predicted molar refractivity (Wildman–Crippen MR) is 87.7 cm³/mol. The summed E-state index contributed by atoms with van der Waals surface area (Å²) < 4.78 is 6.73. The third-order valence-electron chi connectivity index (χ3n) is 3.58. The highest BCUT2D eigenvalue weighted by molar-refractivity contribution is 6.44. The number of halogens is 2. The molecule has 0 atom stereocenters. The van der Waals surface area contributed by atoms with Gasteiger partial charge in [-0.1, -0.05) is 41.4 Å². The number of morpholine rings is 1. The summed E-state index contributed by atoms with van der Waals surface area (Å²) >= 11 is 12.0. The Hall–Kier alpha value is -1.83. The second kappa shape index (κ2) is 6.74. The normalized spacial score (nSPS) is 15.2. The minimum Gasteiger partial charge on any atom is -0.378 e. The summed E-state index contributed by atoms with van der Waals surface area (Å²) in [4.78, 5) is 11.9. The lowest BCUT2D eigenvalue weighted by Gasteiger charge is -2.25. The third-order valence-corrected chi connectivity index (χ3v) is 3.99. The van der Waals surface area contributed by atoms with Gasteiger partial charge in [0.15, 0.2) is 10.5 Å². The largest absolute Gasteiger partial charge is 0.378 e. The Labute approximate surface area is 142 Å². The summed E-state index contributed by atoms with van der Waals surface area (Å²) in [6.07, 6.45) is 0. The van der Waals surface area contributed by atoms with E-state index in [2.05, 4.69) is 5.10 Å². The van der Waals surface area contributed by atoms with Crippen LogP contribution in [0.1, 0.15) is 10.5 Å². The zero-order valence-corrected chi connectivity index (χ0v) is 13.6. The van der Waals surface area contributed by atoms with Crippen molar-refractivity contribution >= 4 is 34.7 Å². The van der Waals surface area contributed by atoms with Crippen LogP contribution in [0.5, 0.6) is 0 Å². The number of para-hydroxylation sites is 1. The van der Waals surface area contributed by atoms with Crippen molar-refractivity contribution in [2.75, 3.05) is 31.2 Å². The van der Waals surface area contributed by atoms with Gasteiger partial charge in [0, 0.05) is 13.1 Å². The monoisotopic (exact) mass is 356 g/mol. The van der Waals surface area contributed by atoms with Crippen molar-refractivity contribution in [2.24, 2.45) is 0 Å². The van der Waals surface area contributed by atoms with Gasteiger partial charge in [0.25, 0.3) is 0 Å². The van der Waals surface area contributed by atoms with Crippen molar-refractivity contribution in [3.63, 3.8) is 0 Å². The van der Waals surface area contributed by atoms with Crippen LogP contribution in [-0.4, -0.2) is 41.0 Å². The number of alkyl halides is 2. The summed E-state index contributed by atoms with van der Waals surface area (Å²) in [5, 5.41) is 16.0. The van der Waals surface area contributed by atoms with Gasteiger partial charge in [0.2, 0.25) is 5.82 Å². The minimum atomic E-state index is -1.07. The minimum absolute atomic E-state index is 0.158. The lowest BCUT2D eigenvalue weighted by molar-refractivity contribution is -0.384. The van der Waals surface area contributed by atoms with Gasteiger partial charge in [-0.25, -0.2) is 4.68 Å². The van der Waals surface area contributed by atoms with E-state index in [9.17, 15) is 10.1 Å². The number of benzene rings is 1. The topological polar surface area (TPSA) is 73.4 Å². The van der Waals surface area contributed by atoms with Crippen LogP contribution in [0.3, 0.4) is 0 Å². The summed E-state index contributed by atoms with van der Waals surface area (Å²) in [7, 11) is 0. The van der Waals surface area contributed by atoms with E-state index in [4.69, 9.17) is 27.9 Å². The molecular formula is C14H14Cl2N4O3. The molecule has 0 radical (unpaired) electrons. The summed E-state index contributed by atoms with van der Waals surface area (Å²) in [6, 6.07) is 9.07. The SMILES string of the molecule is O=[N+]([O-])c1c(N2CCOCC2)nn(-c2ccccc2)c1C(Cl)Cl. The van der Waals surface area contributed by atoms with E-state index in [1.165, 1.54) is 4.68 Å². The Balaban J connectivity index is 2.18. The van der Waals surface area contributed by atoms with Crippen molar-refractivity contribution in [1.82, 2.24) is 9.78 Å². The van der Waals surface area contributed by atoms with E-state index in [1.807, 2.05) is 23.1 Å². The second-order valence-electron chi connectivity index (χ2n) is 4.96. The van der Waals surface area contributed by atoms with E-state index >= 15 is 0 Å². The van der Waals surface area contributed by atoms with Crippen molar-refractivity contribution < 1.29 is 9.66 Å². The summed E-state index contributed by atoms with van der Waals surface area (Å²) in [5.41, 5.74) is 0.660. The van der Waals surface area contributed by atoms with E-state index in [0.717, 1.165) is 0 Å². The zero-order valence-electron chi connectivity index (χ0n) is 12.1. The first kappa shape index (κ1) is 16.0. The van der Waals surface area contributed by atoms with Gasteiger partial charge < -0.3 is 9.64 Å². The second-order valence-corrected chi connectivity index (χ2v) is 6.06. The molecule has 122 valence electrons. The number of ether oxygens (including phenoxy) is 1. The molecule has 1 aromatic carbocycles. The molecule has 23 heavy (non-hydrogen) atoms. The fourth-order valence-corrected chi connectivity index (χ4v) is 2.93. The maximum Gasteiger partial charge on any atom is 0.337 e. The van der Waals surface area contributed by atoms with Crippen LogP contribution in [0.25, 0.3) is 5.69 Å². The van der Waals surface area contributed by atoms with Crippen molar-refractivity contribution in [1.29, 1.82) is 0 Å². The molecule has 3 rings (SSSR count). The maximum absolute atomic E-state index is 11.6. The maximum atomic E-state index is 11.6. The first-order valence-electron chi connectivity index (χ1n) is 7.03. The first-order chi connectivity index (χ1) is 11.1. The van der Waals surface area contributed by atoms with Crippen LogP contribution in [0, 0.1) is 10.1 Å². The molecule has 0 unspecified atom stereocenters. The number of hydrogen-bond donors (Lipinski definition) is 0. The van der Waals surface area contributed by atoms with E-state index < -0.39 is 9.76 Å². The molecule has 2 heterocycles. The number of anilines is 1. The fraction of sp³-hybridized carbons (Fsp3) is 0.357. The molecule has 0 saturated carbocycles. The smallest absolute Gasteiger partial charge is 0.337 e. The molecule has 7 nitrogen and oxygen atoms in total. The Kier molecular flexibility index (Phi) is 4.70. The fourth-order valence-electron chi connectivity index (χ4n) is 2.54. The van der Waals surface area contributed by atoms with Crippen LogP contribution >= 0.6 is 23.2 Å². The van der Waals surface area contributed by atoms with Gasteiger partial charge in [-0.3, -0.25) is 10.1 Å². The molecule has 1 fully saturated rings.